The molecule has 1 aromatic heterocycles. The van der Waals surface area contributed by atoms with E-state index in [4.69, 9.17) is 9.72 Å². The number of ether oxygens (including phenoxy) is 1. The van der Waals surface area contributed by atoms with Gasteiger partial charge in [0.25, 0.3) is 0 Å². The number of carbonyl (C=O) groups excluding carboxylic acids is 1. The van der Waals surface area contributed by atoms with E-state index in [2.05, 4.69) is 10.6 Å². The molecule has 226 valence electrons. The molecule has 2 amide bonds. The monoisotopic (exact) mass is 587 g/mol. The number of imidazole rings is 1. The molecule has 0 aliphatic carbocycles. The van der Waals surface area contributed by atoms with Gasteiger partial charge in [-0.3, -0.25) is 0 Å². The third-order valence-electron chi connectivity index (χ3n) is 7.93. The van der Waals surface area contributed by atoms with Gasteiger partial charge in [0.15, 0.2) is 6.23 Å². The standard InChI is InChI=1S/C30H36F3N5O4/c31-22-6-7-24(32)23(12-22)26-17-37(15-19-4-2-1-3-5-19)29(35-26)28(20-8-10-42-11-9-20)38(30(41)36-27(40)18-39)16-21-13-34-14-25(21)33/h1-7,12,17,20-21,25,27-28,34,39-40H,8-11,13-16,18H2,(H,36,41)/t21-,25-,27-,28+/m0/s1. The molecule has 0 unspecified atom stereocenters. The lowest BCUT2D eigenvalue weighted by atomic mass is 9.89. The molecule has 2 fully saturated rings. The lowest BCUT2D eigenvalue weighted by Gasteiger charge is -2.40. The molecule has 0 saturated carbocycles. The average Bonchev–Trinajstić information content (AvgIpc) is 3.60. The van der Waals surface area contributed by atoms with Crippen LogP contribution in [0.4, 0.5) is 18.0 Å². The van der Waals surface area contributed by atoms with Crippen molar-refractivity contribution in [3.05, 3.63) is 77.8 Å². The SMILES string of the molecule is O=C(N[C@@H](O)CO)N(C[C@@H]1CNC[C@@H]1F)[C@@H](c1nc(-c2cc(F)ccc2F)cn1Cc1ccccc1)C1CCOCC1. The molecule has 2 aliphatic rings. The molecule has 0 spiro atoms. The van der Waals surface area contributed by atoms with Gasteiger partial charge in [0.05, 0.1) is 18.3 Å². The van der Waals surface area contributed by atoms with Crippen LogP contribution in [0.5, 0.6) is 0 Å². The normalized spacial score (nSPS) is 20.8. The van der Waals surface area contributed by atoms with Crippen LogP contribution in [0.2, 0.25) is 0 Å². The Kier molecular flexibility index (Phi) is 9.78. The average molecular weight is 588 g/mol. The Labute approximate surface area is 242 Å². The number of hydrogen-bond donors (Lipinski definition) is 4. The number of amides is 2. The highest BCUT2D eigenvalue weighted by atomic mass is 19.1. The van der Waals surface area contributed by atoms with Gasteiger partial charge < -0.3 is 35.1 Å². The highest BCUT2D eigenvalue weighted by molar-refractivity contribution is 5.75. The summed E-state index contributed by atoms with van der Waals surface area (Å²) in [7, 11) is 0. The van der Waals surface area contributed by atoms with E-state index in [9.17, 15) is 28.2 Å². The minimum absolute atomic E-state index is 0.00201. The number of nitrogens with one attached hydrogen (secondary N) is 2. The molecule has 0 radical (unpaired) electrons. The van der Waals surface area contributed by atoms with Crippen molar-refractivity contribution in [2.75, 3.05) is 39.5 Å². The predicted molar refractivity (Wildman–Crippen MR) is 149 cm³/mol. The zero-order chi connectivity index (χ0) is 29.6. The molecule has 5 rings (SSSR count). The van der Waals surface area contributed by atoms with Crippen molar-refractivity contribution in [3.63, 3.8) is 0 Å². The van der Waals surface area contributed by atoms with Gasteiger partial charge in [-0.1, -0.05) is 30.3 Å². The number of carbonyl (C=O) groups is 1. The Bertz CT molecular complexity index is 1340. The molecule has 0 bridgehead atoms. The quantitative estimate of drug-likeness (QED) is 0.271. The Morgan fingerprint density at radius 2 is 1.93 bits per heavy atom. The summed E-state index contributed by atoms with van der Waals surface area (Å²) in [4.78, 5) is 20.0. The number of hydrogen-bond acceptors (Lipinski definition) is 6. The number of aromatic nitrogens is 2. The molecule has 42 heavy (non-hydrogen) atoms. The first-order valence-electron chi connectivity index (χ1n) is 14.2. The van der Waals surface area contributed by atoms with Gasteiger partial charge >= 0.3 is 6.03 Å². The Hall–Kier alpha value is -3.45. The van der Waals surface area contributed by atoms with Crippen molar-refractivity contribution in [2.45, 2.75) is 37.8 Å². The van der Waals surface area contributed by atoms with Crippen molar-refractivity contribution < 1.29 is 32.9 Å². The first-order chi connectivity index (χ1) is 20.3. The van der Waals surface area contributed by atoms with Gasteiger partial charge in [0.2, 0.25) is 0 Å². The van der Waals surface area contributed by atoms with Crippen LogP contribution in [0, 0.1) is 23.5 Å². The largest absolute Gasteiger partial charge is 0.392 e. The van der Waals surface area contributed by atoms with Gasteiger partial charge in [-0.05, 0) is 42.5 Å². The summed E-state index contributed by atoms with van der Waals surface area (Å²) < 4.78 is 51.5. The molecule has 4 N–H and O–H groups in total. The number of aliphatic hydroxyl groups excluding tert-OH is 2. The van der Waals surface area contributed by atoms with Crippen LogP contribution < -0.4 is 10.6 Å². The summed E-state index contributed by atoms with van der Waals surface area (Å²) in [6, 6.07) is 11.2. The highest BCUT2D eigenvalue weighted by Gasteiger charge is 2.40. The molecule has 9 nitrogen and oxygen atoms in total. The fourth-order valence-corrected chi connectivity index (χ4v) is 5.76. The lowest BCUT2D eigenvalue weighted by Crippen LogP contribution is -2.52. The van der Waals surface area contributed by atoms with Crippen molar-refractivity contribution in [1.29, 1.82) is 0 Å². The van der Waals surface area contributed by atoms with E-state index in [1.165, 1.54) is 4.90 Å². The Morgan fingerprint density at radius 3 is 2.62 bits per heavy atom. The molecule has 2 saturated heterocycles. The number of benzene rings is 2. The maximum atomic E-state index is 15.0. The number of halogens is 3. The van der Waals surface area contributed by atoms with E-state index in [0.29, 0.717) is 45.0 Å². The second-order valence-corrected chi connectivity index (χ2v) is 10.9. The molecular formula is C30H36F3N5O4. The second-order valence-electron chi connectivity index (χ2n) is 10.9. The molecule has 3 aromatic rings. The van der Waals surface area contributed by atoms with Crippen LogP contribution >= 0.6 is 0 Å². The first-order valence-corrected chi connectivity index (χ1v) is 14.2. The van der Waals surface area contributed by atoms with Gasteiger partial charge in [0.1, 0.15) is 23.6 Å². The summed E-state index contributed by atoms with van der Waals surface area (Å²) in [5, 5.41) is 24.9. The fourth-order valence-electron chi connectivity index (χ4n) is 5.76. The molecule has 2 aromatic carbocycles. The van der Waals surface area contributed by atoms with E-state index in [-0.39, 0.29) is 30.3 Å². The number of aliphatic hydroxyl groups is 2. The molecule has 4 atom stereocenters. The number of urea groups is 1. The molecular weight excluding hydrogens is 551 g/mol. The van der Waals surface area contributed by atoms with Crippen molar-refractivity contribution >= 4 is 6.03 Å². The van der Waals surface area contributed by atoms with E-state index in [1.54, 1.807) is 6.20 Å². The third kappa shape index (κ3) is 6.95. The Balaban J connectivity index is 1.64. The third-order valence-corrected chi connectivity index (χ3v) is 7.93. The summed E-state index contributed by atoms with van der Waals surface area (Å²) in [6.07, 6.45) is 0.0562. The Morgan fingerprint density at radius 1 is 1.17 bits per heavy atom. The van der Waals surface area contributed by atoms with E-state index < -0.39 is 48.6 Å². The summed E-state index contributed by atoms with van der Waals surface area (Å²) in [5.41, 5.74) is 1.09. The second kappa shape index (κ2) is 13.7. The minimum atomic E-state index is -1.53. The zero-order valence-corrected chi connectivity index (χ0v) is 23.1. The summed E-state index contributed by atoms with van der Waals surface area (Å²) in [6.45, 7) is 1.02. The van der Waals surface area contributed by atoms with Crippen molar-refractivity contribution in [3.8, 4) is 11.3 Å². The van der Waals surface area contributed by atoms with Crippen LogP contribution in [0.1, 0.15) is 30.3 Å². The number of nitrogens with zero attached hydrogens (tertiary/aromatic N) is 3. The van der Waals surface area contributed by atoms with Crippen LogP contribution in [0.25, 0.3) is 11.3 Å². The van der Waals surface area contributed by atoms with Crippen LogP contribution in [0.15, 0.2) is 54.7 Å². The summed E-state index contributed by atoms with van der Waals surface area (Å²) >= 11 is 0. The van der Waals surface area contributed by atoms with Crippen LogP contribution in [-0.2, 0) is 11.3 Å². The zero-order valence-electron chi connectivity index (χ0n) is 23.1. The summed E-state index contributed by atoms with van der Waals surface area (Å²) in [5.74, 6) is -1.55. The topological polar surface area (TPSA) is 112 Å². The lowest BCUT2D eigenvalue weighted by molar-refractivity contribution is 0.0197. The minimum Gasteiger partial charge on any atom is -0.392 e. The van der Waals surface area contributed by atoms with Gasteiger partial charge in [0, 0.05) is 57.1 Å². The predicted octanol–water partition coefficient (Wildman–Crippen LogP) is 3.22. The van der Waals surface area contributed by atoms with Crippen LogP contribution in [-0.4, -0.2) is 82.5 Å². The fraction of sp³-hybridized carbons (Fsp3) is 0.467. The molecule has 12 heteroatoms. The first kappa shape index (κ1) is 30.0. The van der Waals surface area contributed by atoms with Gasteiger partial charge in [-0.15, -0.1) is 0 Å². The number of alkyl halides is 1. The number of rotatable bonds is 10. The van der Waals surface area contributed by atoms with Gasteiger partial charge in [-0.2, -0.15) is 0 Å². The van der Waals surface area contributed by atoms with Crippen LogP contribution in [0.3, 0.4) is 0 Å². The van der Waals surface area contributed by atoms with E-state index >= 15 is 0 Å². The maximum Gasteiger partial charge on any atom is 0.320 e. The molecule has 3 heterocycles. The highest BCUT2D eigenvalue weighted by Crippen LogP contribution is 2.38. The smallest absolute Gasteiger partial charge is 0.320 e. The van der Waals surface area contributed by atoms with Crippen molar-refractivity contribution in [1.82, 2.24) is 25.1 Å². The van der Waals surface area contributed by atoms with Crippen molar-refractivity contribution in [2.24, 2.45) is 11.8 Å². The van der Waals surface area contributed by atoms with E-state index in [0.717, 1.165) is 23.8 Å². The molecule has 2 aliphatic heterocycles. The van der Waals surface area contributed by atoms with E-state index in [1.807, 2.05) is 34.9 Å². The van der Waals surface area contributed by atoms with Gasteiger partial charge in [-0.25, -0.2) is 22.9 Å². The maximum absolute atomic E-state index is 15.0.